The molecular formula is C11H8ClNO4. The highest BCUT2D eigenvalue weighted by molar-refractivity contribution is 6.33. The first-order valence-corrected chi connectivity index (χ1v) is 5.07. The summed E-state index contributed by atoms with van der Waals surface area (Å²) in [5, 5.41) is 10.8. The van der Waals surface area contributed by atoms with Gasteiger partial charge in [0.2, 0.25) is 0 Å². The van der Waals surface area contributed by atoms with Crippen molar-refractivity contribution in [3.63, 3.8) is 0 Å². The van der Waals surface area contributed by atoms with Crippen molar-refractivity contribution in [3.05, 3.63) is 45.7 Å². The lowest BCUT2D eigenvalue weighted by atomic mass is 10.1. The normalized spacial score (nSPS) is 10.2. The van der Waals surface area contributed by atoms with E-state index in [1.807, 2.05) is 0 Å². The Bertz CT molecular complexity index is 551. The van der Waals surface area contributed by atoms with Crippen molar-refractivity contribution in [1.82, 2.24) is 0 Å². The van der Waals surface area contributed by atoms with Gasteiger partial charge in [0, 0.05) is 0 Å². The summed E-state index contributed by atoms with van der Waals surface area (Å²) in [5.41, 5.74) is 0.381. The molecule has 2 aromatic rings. The predicted molar refractivity (Wildman–Crippen MR) is 62.4 cm³/mol. The Labute approximate surface area is 102 Å². The fraction of sp³-hybridized carbons (Fsp3) is 0.0909. The van der Waals surface area contributed by atoms with Crippen LogP contribution in [0.2, 0.25) is 5.02 Å². The number of benzene rings is 1. The Morgan fingerprint density at radius 1 is 1.47 bits per heavy atom. The van der Waals surface area contributed by atoms with E-state index < -0.39 is 4.92 Å². The van der Waals surface area contributed by atoms with Crippen LogP contribution in [-0.4, -0.2) is 12.0 Å². The molecule has 6 heteroatoms. The van der Waals surface area contributed by atoms with E-state index in [9.17, 15) is 10.1 Å². The Hall–Kier alpha value is -2.01. The minimum Gasteiger partial charge on any atom is -0.496 e. The molecule has 0 amide bonds. The van der Waals surface area contributed by atoms with Crippen LogP contribution in [0.15, 0.2) is 34.9 Å². The number of rotatable bonds is 3. The highest BCUT2D eigenvalue weighted by Gasteiger charge is 2.19. The highest BCUT2D eigenvalue weighted by atomic mass is 35.5. The number of methoxy groups -OCH3 is 1. The molecule has 0 aliphatic heterocycles. The minimum absolute atomic E-state index is 0.0437. The second-order valence-electron chi connectivity index (χ2n) is 3.24. The molecule has 2 rings (SSSR count). The third-order valence-corrected chi connectivity index (χ3v) is 2.56. The van der Waals surface area contributed by atoms with Crippen LogP contribution in [0.3, 0.4) is 0 Å². The maximum atomic E-state index is 10.7. The summed E-state index contributed by atoms with van der Waals surface area (Å²) in [5.74, 6) is 0.884. The van der Waals surface area contributed by atoms with Crippen molar-refractivity contribution in [2.45, 2.75) is 0 Å². The molecule has 0 unspecified atom stereocenters. The van der Waals surface area contributed by atoms with Crippen LogP contribution < -0.4 is 4.74 Å². The highest BCUT2D eigenvalue weighted by Crippen LogP contribution is 2.38. The minimum atomic E-state index is -0.559. The lowest BCUT2D eigenvalue weighted by Crippen LogP contribution is -1.93. The van der Waals surface area contributed by atoms with Gasteiger partial charge < -0.3 is 9.15 Å². The summed E-state index contributed by atoms with van der Waals surface area (Å²) < 4.78 is 10.3. The van der Waals surface area contributed by atoms with Crippen LogP contribution in [0.5, 0.6) is 5.75 Å². The zero-order chi connectivity index (χ0) is 12.4. The summed E-state index contributed by atoms with van der Waals surface area (Å²) in [7, 11) is 1.43. The molecule has 17 heavy (non-hydrogen) atoms. The lowest BCUT2D eigenvalue weighted by molar-refractivity contribution is -0.384. The average Bonchev–Trinajstić information content (AvgIpc) is 2.81. The van der Waals surface area contributed by atoms with Gasteiger partial charge in [-0.25, -0.2) is 0 Å². The summed E-state index contributed by atoms with van der Waals surface area (Å²) in [6.45, 7) is 0. The fourth-order valence-electron chi connectivity index (χ4n) is 1.48. The Morgan fingerprint density at radius 3 is 2.76 bits per heavy atom. The first-order valence-electron chi connectivity index (χ1n) is 4.69. The van der Waals surface area contributed by atoms with E-state index in [-0.39, 0.29) is 10.7 Å². The number of nitro groups is 1. The van der Waals surface area contributed by atoms with Gasteiger partial charge in [-0.1, -0.05) is 11.6 Å². The van der Waals surface area contributed by atoms with Gasteiger partial charge in [-0.2, -0.15) is 0 Å². The third-order valence-electron chi connectivity index (χ3n) is 2.25. The molecule has 0 bridgehead atoms. The average molecular weight is 254 g/mol. The second kappa shape index (κ2) is 4.47. The summed E-state index contributed by atoms with van der Waals surface area (Å²) in [4.78, 5) is 10.2. The molecule has 0 saturated heterocycles. The number of halogens is 1. The van der Waals surface area contributed by atoms with Crippen LogP contribution in [0.4, 0.5) is 5.69 Å². The smallest absolute Gasteiger partial charge is 0.291 e. The van der Waals surface area contributed by atoms with E-state index >= 15 is 0 Å². The SMILES string of the molecule is COc1cc([N+](=O)[O-])c(Cl)cc1-c1ccco1. The molecule has 1 aromatic heterocycles. The second-order valence-corrected chi connectivity index (χ2v) is 3.65. The molecular weight excluding hydrogens is 246 g/mol. The Balaban J connectivity index is 2.61. The number of nitrogens with zero attached hydrogens (tertiary/aromatic N) is 1. The van der Waals surface area contributed by atoms with Crippen LogP contribution in [-0.2, 0) is 0 Å². The zero-order valence-corrected chi connectivity index (χ0v) is 9.60. The van der Waals surface area contributed by atoms with E-state index in [4.69, 9.17) is 20.8 Å². The van der Waals surface area contributed by atoms with Crippen molar-refractivity contribution in [3.8, 4) is 17.1 Å². The zero-order valence-electron chi connectivity index (χ0n) is 8.84. The number of hydrogen-bond acceptors (Lipinski definition) is 4. The maximum absolute atomic E-state index is 10.7. The van der Waals surface area contributed by atoms with E-state index in [2.05, 4.69) is 0 Å². The topological polar surface area (TPSA) is 65.5 Å². The largest absolute Gasteiger partial charge is 0.496 e. The van der Waals surface area contributed by atoms with Crippen LogP contribution in [0.25, 0.3) is 11.3 Å². The molecule has 0 spiro atoms. The van der Waals surface area contributed by atoms with Gasteiger partial charge in [0.05, 0.1) is 29.9 Å². The molecule has 0 atom stereocenters. The lowest BCUT2D eigenvalue weighted by Gasteiger charge is -2.07. The molecule has 0 N–H and O–H groups in total. The molecule has 5 nitrogen and oxygen atoms in total. The monoisotopic (exact) mass is 253 g/mol. The summed E-state index contributed by atoms with van der Waals surface area (Å²) >= 11 is 5.83. The van der Waals surface area contributed by atoms with E-state index in [1.165, 1.54) is 25.5 Å². The Morgan fingerprint density at radius 2 is 2.24 bits per heavy atom. The number of furan rings is 1. The predicted octanol–water partition coefficient (Wildman–Crippen LogP) is 3.52. The first-order chi connectivity index (χ1) is 8.13. The van der Waals surface area contributed by atoms with Gasteiger partial charge in [0.25, 0.3) is 5.69 Å². The molecule has 0 saturated carbocycles. The van der Waals surface area contributed by atoms with Crippen molar-refractivity contribution >= 4 is 17.3 Å². The van der Waals surface area contributed by atoms with Crippen molar-refractivity contribution in [2.75, 3.05) is 7.11 Å². The quantitative estimate of drug-likeness (QED) is 0.620. The van der Waals surface area contributed by atoms with E-state index in [0.29, 0.717) is 17.1 Å². The van der Waals surface area contributed by atoms with Gasteiger partial charge in [0.1, 0.15) is 16.5 Å². The van der Waals surface area contributed by atoms with Crippen LogP contribution in [0.1, 0.15) is 0 Å². The van der Waals surface area contributed by atoms with Gasteiger partial charge >= 0.3 is 0 Å². The first kappa shape index (κ1) is 11.5. The van der Waals surface area contributed by atoms with Gasteiger partial charge in [0.15, 0.2) is 0 Å². The number of nitro benzene ring substituents is 1. The molecule has 1 heterocycles. The molecule has 88 valence electrons. The summed E-state index contributed by atoms with van der Waals surface area (Å²) in [6, 6.07) is 6.17. The van der Waals surface area contributed by atoms with Gasteiger partial charge in [-0.15, -0.1) is 0 Å². The van der Waals surface area contributed by atoms with Crippen LogP contribution in [0, 0.1) is 10.1 Å². The van der Waals surface area contributed by atoms with Crippen molar-refractivity contribution in [2.24, 2.45) is 0 Å². The molecule has 1 aromatic carbocycles. The molecule has 0 fully saturated rings. The van der Waals surface area contributed by atoms with Gasteiger partial charge in [-0.05, 0) is 18.2 Å². The van der Waals surface area contributed by atoms with Crippen LogP contribution >= 0.6 is 11.6 Å². The molecule has 0 aliphatic rings. The maximum Gasteiger partial charge on any atom is 0.291 e. The van der Waals surface area contributed by atoms with E-state index in [0.717, 1.165) is 0 Å². The fourth-order valence-corrected chi connectivity index (χ4v) is 1.71. The molecule has 0 radical (unpaired) electrons. The van der Waals surface area contributed by atoms with E-state index in [1.54, 1.807) is 12.1 Å². The van der Waals surface area contributed by atoms with Crippen molar-refractivity contribution < 1.29 is 14.1 Å². The number of ether oxygens (including phenoxy) is 1. The standard InChI is InChI=1S/C11H8ClNO4/c1-16-11-6-9(13(14)15)8(12)5-7(11)10-3-2-4-17-10/h2-6H,1H3. The Kier molecular flexibility index (Phi) is 3.01. The summed E-state index contributed by atoms with van der Waals surface area (Å²) in [6.07, 6.45) is 1.50. The molecule has 0 aliphatic carbocycles. The van der Waals surface area contributed by atoms with Crippen molar-refractivity contribution in [1.29, 1.82) is 0 Å². The van der Waals surface area contributed by atoms with Gasteiger partial charge in [-0.3, -0.25) is 10.1 Å². The number of hydrogen-bond donors (Lipinski definition) is 0. The third kappa shape index (κ3) is 2.09.